The fourth-order valence-electron chi connectivity index (χ4n) is 6.75. The predicted octanol–water partition coefficient (Wildman–Crippen LogP) is 2.69. The first kappa shape index (κ1) is 28.1. The van der Waals surface area contributed by atoms with Gasteiger partial charge < -0.3 is 31.2 Å². The molecule has 3 heterocycles. The number of piperazine rings is 1. The molecule has 3 aliphatic heterocycles. The lowest BCUT2D eigenvalue weighted by atomic mass is 9.88. The van der Waals surface area contributed by atoms with E-state index in [1.165, 1.54) is 31.3 Å². The van der Waals surface area contributed by atoms with E-state index in [0.29, 0.717) is 31.9 Å². The minimum atomic E-state index is 0.109. The summed E-state index contributed by atoms with van der Waals surface area (Å²) in [6.45, 7) is 8.30. The minimum absolute atomic E-state index is 0.109. The van der Waals surface area contributed by atoms with Crippen molar-refractivity contribution in [3.8, 4) is 11.5 Å². The molecule has 1 atom stereocenters. The molecule has 0 aromatic heterocycles. The number of nitrogens with one attached hydrogen (secondary N) is 2. The van der Waals surface area contributed by atoms with E-state index in [1.807, 2.05) is 42.5 Å². The monoisotopic (exact) mass is 559 g/mol. The maximum atomic E-state index is 6.56. The Morgan fingerprint density at radius 2 is 1.54 bits per heavy atom. The minimum Gasteiger partial charge on any atom is -0.457 e. The van der Waals surface area contributed by atoms with Gasteiger partial charge in [0.25, 0.3) is 0 Å². The summed E-state index contributed by atoms with van der Waals surface area (Å²) in [5.74, 6) is 2.43. The number of para-hydroxylation sites is 1. The first-order valence-electron chi connectivity index (χ1n) is 15.2. The van der Waals surface area contributed by atoms with Crippen molar-refractivity contribution < 1.29 is 9.47 Å². The Balaban J connectivity index is 1.07. The van der Waals surface area contributed by atoms with E-state index in [-0.39, 0.29) is 6.17 Å². The van der Waals surface area contributed by atoms with E-state index in [1.54, 1.807) is 0 Å². The fraction of sp³-hybridized carbons (Fsp3) is 0.500. The van der Waals surface area contributed by atoms with Crippen LogP contribution >= 0.6 is 0 Å². The van der Waals surface area contributed by atoms with E-state index in [4.69, 9.17) is 20.9 Å². The van der Waals surface area contributed by atoms with Crippen molar-refractivity contribution in [1.82, 2.24) is 25.3 Å². The molecule has 0 amide bonds. The number of nitrogens with zero attached hydrogens (tertiary/aromatic N) is 3. The van der Waals surface area contributed by atoms with Crippen LogP contribution in [0.15, 0.2) is 72.2 Å². The third-order valence-electron chi connectivity index (χ3n) is 8.97. The van der Waals surface area contributed by atoms with E-state index < -0.39 is 0 Å². The lowest BCUT2D eigenvalue weighted by molar-refractivity contribution is 0.0433. The van der Waals surface area contributed by atoms with Crippen LogP contribution in [0.5, 0.6) is 11.5 Å². The number of rotatable bonds is 10. The van der Waals surface area contributed by atoms with Crippen molar-refractivity contribution in [3.05, 3.63) is 77.8 Å². The largest absolute Gasteiger partial charge is 0.457 e. The highest BCUT2D eigenvalue weighted by Crippen LogP contribution is 2.40. The number of benzene rings is 2. The van der Waals surface area contributed by atoms with Gasteiger partial charge in [0, 0.05) is 68.7 Å². The molecule has 9 nitrogen and oxygen atoms in total. The standard InChI is InChI=1S/C32H45N7O2/c33-14-20-40-21-19-37-15-17-38(18-16-37)25-8-10-26(11-9-25)39-22-29(30-31(34)35-23-36-32(30)39)24-6-12-28(13-7-24)41-27-4-2-1-3-5-27/h1-7,12-13,22,25-26,32,35-36H,8-11,14-21,23,33-34H2. The van der Waals surface area contributed by atoms with Crippen LogP contribution in [0.2, 0.25) is 0 Å². The molecule has 0 bridgehead atoms. The van der Waals surface area contributed by atoms with Gasteiger partial charge in [-0.05, 0) is 55.5 Å². The summed E-state index contributed by atoms with van der Waals surface area (Å²) >= 11 is 0. The molecule has 1 aliphatic carbocycles. The second-order valence-corrected chi connectivity index (χ2v) is 11.5. The summed E-state index contributed by atoms with van der Waals surface area (Å²) in [6.07, 6.45) is 7.34. The fourth-order valence-corrected chi connectivity index (χ4v) is 6.75. The molecule has 9 heteroatoms. The Labute approximate surface area is 244 Å². The van der Waals surface area contributed by atoms with E-state index in [2.05, 4.69) is 43.7 Å². The molecule has 2 aromatic rings. The van der Waals surface area contributed by atoms with Gasteiger partial charge in [0.1, 0.15) is 23.5 Å². The van der Waals surface area contributed by atoms with E-state index in [0.717, 1.165) is 67.8 Å². The average Bonchev–Trinajstić information content (AvgIpc) is 3.42. The molecule has 4 aliphatic rings. The van der Waals surface area contributed by atoms with Crippen molar-refractivity contribution >= 4 is 5.57 Å². The summed E-state index contributed by atoms with van der Waals surface area (Å²) in [5.41, 5.74) is 15.6. The average molecular weight is 560 g/mol. The molecular formula is C32H45N7O2. The van der Waals surface area contributed by atoms with Gasteiger partial charge in [-0.2, -0.15) is 0 Å². The number of hydrogen-bond acceptors (Lipinski definition) is 9. The maximum absolute atomic E-state index is 6.56. The third kappa shape index (κ3) is 6.55. The molecule has 1 saturated heterocycles. The summed E-state index contributed by atoms with van der Waals surface area (Å²) in [6, 6.07) is 19.4. The van der Waals surface area contributed by atoms with Crippen molar-refractivity contribution in [2.24, 2.45) is 11.5 Å². The molecule has 2 fully saturated rings. The van der Waals surface area contributed by atoms with E-state index >= 15 is 0 Å². The van der Waals surface area contributed by atoms with Crippen LogP contribution in [-0.2, 0) is 4.74 Å². The molecule has 41 heavy (non-hydrogen) atoms. The van der Waals surface area contributed by atoms with Gasteiger partial charge in [-0.15, -0.1) is 0 Å². The summed E-state index contributed by atoms with van der Waals surface area (Å²) in [5, 5.41) is 7.00. The molecule has 1 unspecified atom stereocenters. The number of nitrogens with two attached hydrogens (primary N) is 2. The highest BCUT2D eigenvalue weighted by molar-refractivity contribution is 5.83. The Morgan fingerprint density at radius 3 is 2.27 bits per heavy atom. The van der Waals surface area contributed by atoms with Gasteiger partial charge in [-0.1, -0.05) is 30.3 Å². The topological polar surface area (TPSA) is 104 Å². The van der Waals surface area contributed by atoms with Crippen LogP contribution in [0.4, 0.5) is 0 Å². The Morgan fingerprint density at radius 1 is 0.829 bits per heavy atom. The molecular weight excluding hydrogens is 514 g/mol. The normalized spacial score (nSPS) is 25.5. The molecule has 2 aromatic carbocycles. The zero-order valence-corrected chi connectivity index (χ0v) is 24.0. The highest BCUT2D eigenvalue weighted by Gasteiger charge is 2.40. The summed E-state index contributed by atoms with van der Waals surface area (Å²) in [7, 11) is 0. The lowest BCUT2D eigenvalue weighted by Crippen LogP contribution is -2.55. The van der Waals surface area contributed by atoms with Gasteiger partial charge >= 0.3 is 0 Å². The first-order chi connectivity index (χ1) is 20.2. The molecule has 1 saturated carbocycles. The first-order valence-corrected chi connectivity index (χ1v) is 15.2. The van der Waals surface area contributed by atoms with Crippen molar-refractivity contribution in [2.75, 3.05) is 59.2 Å². The number of ether oxygens (including phenoxy) is 2. The quantitative estimate of drug-likeness (QED) is 0.327. The number of fused-ring (bicyclic) bond motifs is 1. The SMILES string of the molecule is NCCOCCN1CCN(C2CCC(N3C=C(c4ccc(Oc5ccccc5)cc4)C4=C(N)NCNC43)CC2)CC1. The van der Waals surface area contributed by atoms with Crippen LogP contribution in [0.1, 0.15) is 31.2 Å². The van der Waals surface area contributed by atoms with Crippen LogP contribution in [0.25, 0.3) is 5.57 Å². The van der Waals surface area contributed by atoms with Crippen LogP contribution < -0.4 is 26.8 Å². The molecule has 0 radical (unpaired) electrons. The predicted molar refractivity (Wildman–Crippen MR) is 163 cm³/mol. The molecule has 220 valence electrons. The molecule has 0 spiro atoms. The van der Waals surface area contributed by atoms with Gasteiger partial charge in [0.15, 0.2) is 0 Å². The summed E-state index contributed by atoms with van der Waals surface area (Å²) < 4.78 is 11.6. The second kappa shape index (κ2) is 13.3. The smallest absolute Gasteiger partial charge is 0.127 e. The van der Waals surface area contributed by atoms with Crippen LogP contribution in [0, 0.1) is 0 Å². The second-order valence-electron chi connectivity index (χ2n) is 11.5. The van der Waals surface area contributed by atoms with Crippen molar-refractivity contribution in [3.63, 3.8) is 0 Å². The zero-order chi connectivity index (χ0) is 28.0. The van der Waals surface area contributed by atoms with E-state index in [9.17, 15) is 0 Å². The Kier molecular flexibility index (Phi) is 9.08. The molecule has 6 N–H and O–H groups in total. The number of hydrogen-bond donors (Lipinski definition) is 4. The van der Waals surface area contributed by atoms with Crippen molar-refractivity contribution in [1.29, 1.82) is 0 Å². The Hall–Kier alpha value is -3.08. The van der Waals surface area contributed by atoms with Gasteiger partial charge in [-0.3, -0.25) is 15.1 Å². The Bertz CT molecular complexity index is 1190. The highest BCUT2D eigenvalue weighted by atomic mass is 16.5. The van der Waals surface area contributed by atoms with Crippen molar-refractivity contribution in [2.45, 2.75) is 43.9 Å². The summed E-state index contributed by atoms with van der Waals surface area (Å²) in [4.78, 5) is 7.79. The maximum Gasteiger partial charge on any atom is 0.127 e. The van der Waals surface area contributed by atoms with Gasteiger partial charge in [0.2, 0.25) is 0 Å². The van der Waals surface area contributed by atoms with Crippen LogP contribution in [0.3, 0.4) is 0 Å². The third-order valence-corrected chi connectivity index (χ3v) is 8.97. The van der Waals surface area contributed by atoms with Gasteiger partial charge in [-0.25, -0.2) is 0 Å². The molecule has 6 rings (SSSR count). The zero-order valence-electron chi connectivity index (χ0n) is 24.0. The van der Waals surface area contributed by atoms with Crippen LogP contribution in [-0.4, -0.2) is 92.1 Å². The van der Waals surface area contributed by atoms with Gasteiger partial charge in [0.05, 0.1) is 19.9 Å². The lowest BCUT2D eigenvalue weighted by Gasteiger charge is -2.44.